The maximum Gasteiger partial charge on any atom is 0.451 e. The fourth-order valence-corrected chi connectivity index (χ4v) is 3.01. The van der Waals surface area contributed by atoms with Crippen LogP contribution in [0.3, 0.4) is 0 Å². The van der Waals surface area contributed by atoms with Gasteiger partial charge in [0.25, 0.3) is 0 Å². The van der Waals surface area contributed by atoms with Crippen LogP contribution in [0.15, 0.2) is 12.1 Å². The highest BCUT2D eigenvalue weighted by Crippen LogP contribution is 2.29. The number of aliphatic hydroxyl groups is 1. The zero-order chi connectivity index (χ0) is 25.8. The van der Waals surface area contributed by atoms with Crippen molar-refractivity contribution < 1.29 is 46.1 Å². The third kappa shape index (κ3) is 6.90. The largest absolute Gasteiger partial charge is 0.479 e. The summed E-state index contributed by atoms with van der Waals surface area (Å²) in [6, 6.07) is 0.184. The van der Waals surface area contributed by atoms with Crippen molar-refractivity contribution in [1.29, 1.82) is 0 Å². The first kappa shape index (κ1) is 27.0. The Balaban J connectivity index is 0.000000604. The van der Waals surface area contributed by atoms with Crippen LogP contribution in [0.1, 0.15) is 30.6 Å². The molecule has 0 radical (unpaired) electrons. The molecule has 0 unspecified atom stereocenters. The highest BCUT2D eigenvalue weighted by Gasteiger charge is 2.40. The van der Waals surface area contributed by atoms with E-state index in [-0.39, 0.29) is 43.9 Å². The van der Waals surface area contributed by atoms with Gasteiger partial charge in [0.05, 0.1) is 6.54 Å². The summed E-state index contributed by atoms with van der Waals surface area (Å²) in [5, 5.41) is 22.4. The zero-order valence-electron chi connectivity index (χ0n) is 17.7. The molecule has 0 fully saturated rings. The monoisotopic (exact) mass is 497 g/mol. The molecule has 34 heavy (non-hydrogen) atoms. The summed E-state index contributed by atoms with van der Waals surface area (Å²) in [4.78, 5) is 23.1. The molecule has 1 aromatic carbocycles. The molecule has 2 aromatic rings. The van der Waals surface area contributed by atoms with E-state index in [4.69, 9.17) is 15.9 Å². The molecule has 4 N–H and O–H groups in total. The number of hydrogen-bond acceptors (Lipinski definition) is 6. The molecule has 188 valence electrons. The summed E-state index contributed by atoms with van der Waals surface area (Å²) in [6.45, 7) is 0.895. The number of aromatic nitrogens is 3. The van der Waals surface area contributed by atoms with E-state index in [1.807, 2.05) is 0 Å². The second kappa shape index (κ2) is 10.8. The van der Waals surface area contributed by atoms with Crippen LogP contribution in [0.2, 0.25) is 0 Å². The second-order valence-electron chi connectivity index (χ2n) is 7.44. The van der Waals surface area contributed by atoms with E-state index in [0.29, 0.717) is 12.1 Å². The molecular weight excluding hydrogens is 476 g/mol. The van der Waals surface area contributed by atoms with Crippen molar-refractivity contribution in [1.82, 2.24) is 19.7 Å². The predicted octanol–water partition coefficient (Wildman–Crippen LogP) is 1.47. The Morgan fingerprint density at radius 1 is 1.12 bits per heavy atom. The van der Waals surface area contributed by atoms with Gasteiger partial charge in [-0.15, -0.1) is 10.2 Å². The van der Waals surface area contributed by atoms with Gasteiger partial charge < -0.3 is 25.4 Å². The van der Waals surface area contributed by atoms with Gasteiger partial charge in [0.2, 0.25) is 11.7 Å². The third-order valence-corrected chi connectivity index (χ3v) is 4.73. The van der Waals surface area contributed by atoms with Crippen molar-refractivity contribution in [2.75, 3.05) is 6.54 Å². The van der Waals surface area contributed by atoms with Crippen molar-refractivity contribution in [3.63, 3.8) is 0 Å². The molecule has 1 aliphatic rings. The number of aliphatic hydroxyl groups excluding tert-OH is 1. The minimum Gasteiger partial charge on any atom is -0.479 e. The molecule has 2 heterocycles. The first-order chi connectivity index (χ1) is 15.7. The third-order valence-electron chi connectivity index (χ3n) is 4.73. The van der Waals surface area contributed by atoms with Crippen molar-refractivity contribution in [2.45, 2.75) is 51.2 Å². The molecule has 3 rings (SSSR count). The van der Waals surface area contributed by atoms with Gasteiger partial charge >= 0.3 is 12.1 Å². The molecule has 0 saturated heterocycles. The summed E-state index contributed by atoms with van der Waals surface area (Å²) >= 11 is 0. The topological polar surface area (TPSA) is 135 Å². The number of nitrogens with zero attached hydrogens (tertiary/aromatic N) is 4. The maximum absolute atomic E-state index is 13.7. The zero-order valence-corrected chi connectivity index (χ0v) is 17.7. The minimum absolute atomic E-state index is 0.000783. The van der Waals surface area contributed by atoms with Crippen LogP contribution in [0.25, 0.3) is 0 Å². The quantitative estimate of drug-likeness (QED) is 0.421. The number of benzene rings is 1. The molecule has 0 aliphatic carbocycles. The number of fused-ring (bicyclic) bond motifs is 1. The number of carbonyl (C=O) groups excluding carboxylic acids is 1. The van der Waals surface area contributed by atoms with Crippen molar-refractivity contribution in [2.24, 2.45) is 5.73 Å². The SMILES string of the molecule is C[C@@H](O)C(=O)O.N[C@@H](CC(=O)N1CCn2c(nnc2C(F)(F)F)C1)Cc1cc(F)c(F)cc1F. The van der Waals surface area contributed by atoms with E-state index in [0.717, 1.165) is 4.57 Å². The van der Waals surface area contributed by atoms with E-state index in [9.17, 15) is 35.9 Å². The summed E-state index contributed by atoms with van der Waals surface area (Å²) in [7, 11) is 0. The summed E-state index contributed by atoms with van der Waals surface area (Å²) in [6.07, 6.45) is -6.34. The Morgan fingerprint density at radius 2 is 1.71 bits per heavy atom. The number of carbonyl (C=O) groups is 2. The van der Waals surface area contributed by atoms with E-state index >= 15 is 0 Å². The molecule has 1 aromatic heterocycles. The van der Waals surface area contributed by atoms with Gasteiger partial charge in [0.15, 0.2) is 17.5 Å². The molecule has 0 spiro atoms. The van der Waals surface area contributed by atoms with Gasteiger partial charge in [0.1, 0.15) is 11.9 Å². The van der Waals surface area contributed by atoms with Gasteiger partial charge in [0, 0.05) is 31.6 Å². The number of aliphatic carboxylic acids is 1. The smallest absolute Gasteiger partial charge is 0.451 e. The summed E-state index contributed by atoms with van der Waals surface area (Å²) in [5.41, 5.74) is 5.64. The van der Waals surface area contributed by atoms with E-state index in [1.165, 1.54) is 11.8 Å². The molecule has 1 aliphatic heterocycles. The van der Waals surface area contributed by atoms with Crippen molar-refractivity contribution in [3.05, 3.63) is 46.8 Å². The van der Waals surface area contributed by atoms with Crippen LogP contribution in [0.4, 0.5) is 26.3 Å². The number of carboxylic acid groups (broad SMARTS) is 1. The first-order valence-electron chi connectivity index (χ1n) is 9.77. The van der Waals surface area contributed by atoms with Crippen molar-refractivity contribution in [3.8, 4) is 0 Å². The molecule has 9 nitrogen and oxygen atoms in total. The number of halogens is 6. The lowest BCUT2D eigenvalue weighted by Crippen LogP contribution is -2.42. The summed E-state index contributed by atoms with van der Waals surface area (Å²) in [5.74, 6) is -6.33. The lowest BCUT2D eigenvalue weighted by molar-refractivity contribution is -0.148. The number of alkyl halides is 3. The predicted molar refractivity (Wildman–Crippen MR) is 102 cm³/mol. The second-order valence-corrected chi connectivity index (χ2v) is 7.44. The Bertz CT molecular complexity index is 1040. The Hall–Kier alpha value is -3.20. The first-order valence-corrected chi connectivity index (χ1v) is 9.77. The fourth-order valence-electron chi connectivity index (χ4n) is 3.01. The van der Waals surface area contributed by atoms with Gasteiger partial charge in [-0.25, -0.2) is 18.0 Å². The normalized spacial score (nSPS) is 15.1. The number of amides is 1. The van der Waals surface area contributed by atoms with Crippen LogP contribution in [-0.2, 0) is 35.3 Å². The fraction of sp³-hybridized carbons (Fsp3) is 0.474. The summed E-state index contributed by atoms with van der Waals surface area (Å²) < 4.78 is 79.3. The van der Waals surface area contributed by atoms with Gasteiger partial charge in [-0.3, -0.25) is 4.79 Å². The van der Waals surface area contributed by atoms with Gasteiger partial charge in [-0.1, -0.05) is 0 Å². The average Bonchev–Trinajstić information content (AvgIpc) is 3.16. The lowest BCUT2D eigenvalue weighted by Gasteiger charge is -2.29. The Labute approximate surface area is 188 Å². The van der Waals surface area contributed by atoms with Crippen LogP contribution in [0.5, 0.6) is 0 Å². The number of rotatable bonds is 5. The Kier molecular flexibility index (Phi) is 8.61. The molecule has 15 heteroatoms. The molecular formula is C19H21F6N5O4. The lowest BCUT2D eigenvalue weighted by atomic mass is 10.0. The average molecular weight is 497 g/mol. The van der Waals surface area contributed by atoms with Crippen molar-refractivity contribution >= 4 is 11.9 Å². The van der Waals surface area contributed by atoms with E-state index in [2.05, 4.69) is 10.2 Å². The van der Waals surface area contributed by atoms with E-state index in [1.54, 1.807) is 0 Å². The van der Waals surface area contributed by atoms with Gasteiger partial charge in [-0.2, -0.15) is 13.2 Å². The highest BCUT2D eigenvalue weighted by atomic mass is 19.4. The van der Waals surface area contributed by atoms with Crippen LogP contribution >= 0.6 is 0 Å². The molecule has 1 amide bonds. The molecule has 2 atom stereocenters. The van der Waals surface area contributed by atoms with Crippen LogP contribution in [-0.4, -0.2) is 60.4 Å². The van der Waals surface area contributed by atoms with Gasteiger partial charge in [-0.05, 0) is 25.0 Å². The van der Waals surface area contributed by atoms with Crippen LogP contribution in [0, 0.1) is 17.5 Å². The van der Waals surface area contributed by atoms with Crippen LogP contribution < -0.4 is 5.73 Å². The number of hydrogen-bond donors (Lipinski definition) is 3. The number of nitrogens with two attached hydrogens (primary N) is 1. The standard InChI is InChI=1S/C16H15F6N5O.C3H6O3/c17-10-6-12(19)11(18)4-8(10)3-9(23)5-14(28)26-1-2-27-13(7-26)24-25-15(27)16(20,21)22;1-2(4)3(5)6/h4,6,9H,1-3,5,7,23H2;2,4H,1H3,(H,5,6)/t9-;2-/m11/s1. The molecule has 0 bridgehead atoms. The highest BCUT2D eigenvalue weighted by molar-refractivity contribution is 5.77. The maximum atomic E-state index is 13.7. The Morgan fingerprint density at radius 3 is 2.26 bits per heavy atom. The number of carboxylic acids is 1. The molecule has 0 saturated carbocycles. The minimum atomic E-state index is -4.64. The van der Waals surface area contributed by atoms with E-state index < -0.39 is 53.5 Å².